The van der Waals surface area contributed by atoms with Crippen LogP contribution in [0.3, 0.4) is 0 Å². The van der Waals surface area contributed by atoms with Gasteiger partial charge in [-0.05, 0) is 48.0 Å². The van der Waals surface area contributed by atoms with E-state index in [1.54, 1.807) is 24.3 Å². The lowest BCUT2D eigenvalue weighted by molar-refractivity contribution is -0.111. The van der Waals surface area contributed by atoms with Crippen LogP contribution in [0.2, 0.25) is 5.02 Å². The van der Waals surface area contributed by atoms with Crippen LogP contribution in [-0.4, -0.2) is 33.0 Å². The summed E-state index contributed by atoms with van der Waals surface area (Å²) in [5, 5.41) is 3.24. The molecule has 1 aliphatic heterocycles. The van der Waals surface area contributed by atoms with E-state index in [0.717, 1.165) is 5.56 Å². The second-order valence-corrected chi connectivity index (χ2v) is 7.60. The predicted molar refractivity (Wildman–Crippen MR) is 107 cm³/mol. The molecule has 0 spiro atoms. The van der Waals surface area contributed by atoms with Crippen molar-refractivity contribution in [1.29, 1.82) is 0 Å². The van der Waals surface area contributed by atoms with E-state index in [1.807, 2.05) is 6.07 Å². The number of nitrogens with zero attached hydrogens (tertiary/aromatic N) is 2. The zero-order chi connectivity index (χ0) is 19.3. The molecule has 138 valence electrons. The van der Waals surface area contributed by atoms with Gasteiger partial charge in [0, 0.05) is 23.0 Å². The molecule has 9 heteroatoms. The van der Waals surface area contributed by atoms with Gasteiger partial charge in [0.1, 0.15) is 0 Å². The van der Waals surface area contributed by atoms with E-state index in [0.29, 0.717) is 17.3 Å². The molecule has 0 saturated carbocycles. The highest BCUT2D eigenvalue weighted by Gasteiger charge is 2.17. The van der Waals surface area contributed by atoms with Crippen LogP contribution >= 0.6 is 11.6 Å². The fourth-order valence-electron chi connectivity index (χ4n) is 2.22. The summed E-state index contributed by atoms with van der Waals surface area (Å²) in [5.41, 5.74) is 1.26. The molecule has 0 bridgehead atoms. The molecule has 1 aliphatic rings. The first-order chi connectivity index (χ1) is 12.9. The summed E-state index contributed by atoms with van der Waals surface area (Å²) >= 11 is 5.89. The lowest BCUT2D eigenvalue weighted by Crippen LogP contribution is -2.28. The largest absolute Gasteiger partial charge is 0.323 e. The lowest BCUT2D eigenvalue weighted by atomic mass is 10.2. The van der Waals surface area contributed by atoms with Crippen LogP contribution in [0.4, 0.5) is 5.69 Å². The number of amides is 1. The summed E-state index contributed by atoms with van der Waals surface area (Å²) in [7, 11) is -3.77. The van der Waals surface area contributed by atoms with E-state index in [4.69, 9.17) is 11.6 Å². The van der Waals surface area contributed by atoms with Gasteiger partial charge >= 0.3 is 0 Å². The van der Waals surface area contributed by atoms with Crippen molar-refractivity contribution in [2.75, 3.05) is 11.9 Å². The van der Waals surface area contributed by atoms with Crippen molar-refractivity contribution in [2.24, 2.45) is 9.98 Å². The molecule has 0 atom stereocenters. The number of guanidine groups is 1. The van der Waals surface area contributed by atoms with E-state index in [-0.39, 0.29) is 16.8 Å². The van der Waals surface area contributed by atoms with Crippen LogP contribution in [0.5, 0.6) is 0 Å². The van der Waals surface area contributed by atoms with E-state index in [1.165, 1.54) is 36.6 Å². The minimum atomic E-state index is -3.77. The van der Waals surface area contributed by atoms with Crippen molar-refractivity contribution < 1.29 is 13.2 Å². The van der Waals surface area contributed by atoms with E-state index >= 15 is 0 Å². The van der Waals surface area contributed by atoms with Gasteiger partial charge < -0.3 is 5.32 Å². The number of aliphatic imine (C=N–C) groups is 2. The third-order valence-electron chi connectivity index (χ3n) is 3.47. The van der Waals surface area contributed by atoms with Gasteiger partial charge in [-0.15, -0.1) is 0 Å². The van der Waals surface area contributed by atoms with Gasteiger partial charge in [-0.25, -0.2) is 23.1 Å². The highest BCUT2D eigenvalue weighted by Crippen LogP contribution is 2.15. The summed E-state index contributed by atoms with van der Waals surface area (Å²) in [6.45, 7) is 0.353. The molecule has 2 N–H and O–H groups in total. The van der Waals surface area contributed by atoms with Gasteiger partial charge in [-0.2, -0.15) is 0 Å². The third-order valence-corrected chi connectivity index (χ3v) is 5.05. The Bertz CT molecular complexity index is 1040. The molecule has 0 saturated heterocycles. The molecule has 0 radical (unpaired) electrons. The molecule has 27 heavy (non-hydrogen) atoms. The maximum atomic E-state index is 12.2. The van der Waals surface area contributed by atoms with E-state index in [9.17, 15) is 13.2 Å². The third kappa shape index (κ3) is 5.25. The molecule has 0 aliphatic carbocycles. The first-order valence-electron chi connectivity index (χ1n) is 7.87. The number of anilines is 1. The second-order valence-electron chi connectivity index (χ2n) is 5.48. The molecule has 2 aromatic carbocycles. The zero-order valence-corrected chi connectivity index (χ0v) is 15.5. The highest BCUT2D eigenvalue weighted by molar-refractivity contribution is 7.90. The molecule has 2 aromatic rings. The Hall–Kier alpha value is -2.97. The number of carbonyl (C=O) groups excluding carboxylic acids is 1. The normalized spacial score (nSPS) is 13.6. The van der Waals surface area contributed by atoms with E-state index in [2.05, 4.69) is 20.0 Å². The molecule has 7 nitrogen and oxygen atoms in total. The summed E-state index contributed by atoms with van der Waals surface area (Å²) in [4.78, 5) is 19.7. The number of hydrogen-bond acceptors (Lipinski definition) is 5. The summed E-state index contributed by atoms with van der Waals surface area (Å²) < 4.78 is 26.8. The van der Waals surface area contributed by atoms with Gasteiger partial charge in [0.2, 0.25) is 11.9 Å². The Balaban J connectivity index is 1.63. The topological polar surface area (TPSA) is 100.0 Å². The van der Waals surface area contributed by atoms with Gasteiger partial charge in [0.05, 0.1) is 11.4 Å². The van der Waals surface area contributed by atoms with Crippen molar-refractivity contribution >= 4 is 51.5 Å². The first-order valence-corrected chi connectivity index (χ1v) is 9.73. The maximum absolute atomic E-state index is 12.2. The molecule has 1 heterocycles. The summed E-state index contributed by atoms with van der Waals surface area (Å²) in [6.07, 6.45) is 4.51. The highest BCUT2D eigenvalue weighted by atomic mass is 35.5. The Morgan fingerprint density at radius 3 is 2.59 bits per heavy atom. The zero-order valence-electron chi connectivity index (χ0n) is 14.0. The van der Waals surface area contributed by atoms with Gasteiger partial charge in [-0.3, -0.25) is 4.79 Å². The average molecular weight is 403 g/mol. The Labute approximate surface area is 161 Å². The monoisotopic (exact) mass is 402 g/mol. The van der Waals surface area contributed by atoms with Crippen molar-refractivity contribution in [1.82, 2.24) is 4.72 Å². The average Bonchev–Trinajstić information content (AvgIpc) is 3.13. The van der Waals surface area contributed by atoms with Gasteiger partial charge in [0.15, 0.2) is 0 Å². The van der Waals surface area contributed by atoms with Crippen LogP contribution < -0.4 is 10.0 Å². The van der Waals surface area contributed by atoms with Crippen LogP contribution in [0.25, 0.3) is 6.08 Å². The summed E-state index contributed by atoms with van der Waals surface area (Å²) in [6, 6.07) is 12.9. The molecular weight excluding hydrogens is 388 g/mol. The summed E-state index contributed by atoms with van der Waals surface area (Å²) in [5.74, 6) is -0.295. The van der Waals surface area contributed by atoms with Gasteiger partial charge in [-0.1, -0.05) is 23.7 Å². The molecule has 0 aromatic heterocycles. The fourth-order valence-corrected chi connectivity index (χ4v) is 3.39. The quantitative estimate of drug-likeness (QED) is 0.752. The number of carbonyl (C=O) groups is 1. The number of nitrogens with one attached hydrogen (secondary N) is 2. The molecule has 0 fully saturated rings. The van der Waals surface area contributed by atoms with Crippen molar-refractivity contribution in [3.63, 3.8) is 0 Å². The number of sulfonamides is 1. The first kappa shape index (κ1) is 18.8. The van der Waals surface area contributed by atoms with E-state index < -0.39 is 10.0 Å². The molecule has 0 unspecified atom stereocenters. The van der Waals surface area contributed by atoms with Crippen LogP contribution in [-0.2, 0) is 14.8 Å². The molecule has 3 rings (SSSR count). The van der Waals surface area contributed by atoms with Crippen molar-refractivity contribution in [3.05, 3.63) is 65.2 Å². The number of hydrogen-bond donors (Lipinski definition) is 2. The second kappa shape index (κ2) is 8.15. The Morgan fingerprint density at radius 2 is 1.93 bits per heavy atom. The number of benzene rings is 2. The Morgan fingerprint density at radius 1 is 1.15 bits per heavy atom. The lowest BCUT2D eigenvalue weighted by Gasteiger charge is -2.07. The minimum absolute atomic E-state index is 0.0415. The smallest absolute Gasteiger partial charge is 0.264 e. The maximum Gasteiger partial charge on any atom is 0.264 e. The fraction of sp³-hybridized carbons (Fsp3) is 0.0556. The Kier molecular flexibility index (Phi) is 5.68. The van der Waals surface area contributed by atoms with Gasteiger partial charge in [0.25, 0.3) is 10.0 Å². The predicted octanol–water partition coefficient (Wildman–Crippen LogP) is 2.71. The molecule has 1 amide bonds. The number of halogens is 1. The molecular formula is C18H15ClN4O3S. The minimum Gasteiger partial charge on any atom is -0.323 e. The van der Waals surface area contributed by atoms with Crippen molar-refractivity contribution in [3.8, 4) is 0 Å². The van der Waals surface area contributed by atoms with Crippen LogP contribution in [0.15, 0.2) is 69.5 Å². The number of rotatable bonds is 5. The standard InChI is InChI=1S/C18H15ClN4O3S/c19-14-3-1-2-13(12-14)4-9-17(24)22-15-5-7-16(8-6-15)27(25,26)23-18-20-10-11-21-18/h1-10,12H,11H2,(H,21,23)(H,22,24)/b9-4+. The van der Waals surface area contributed by atoms with Crippen LogP contribution in [0, 0.1) is 0 Å². The van der Waals surface area contributed by atoms with Crippen LogP contribution in [0.1, 0.15) is 5.56 Å². The SMILES string of the molecule is O=C(/C=C/c1cccc(Cl)c1)Nc1ccc(S(=O)(=O)NC2=NCC=N2)cc1. The van der Waals surface area contributed by atoms with Crippen molar-refractivity contribution in [2.45, 2.75) is 4.90 Å².